The fraction of sp³-hybridized carbons (Fsp3) is 0.312. The molecule has 5 nitrogen and oxygen atoms in total. The second-order valence-corrected chi connectivity index (χ2v) is 6.81. The van der Waals surface area contributed by atoms with Crippen molar-refractivity contribution in [2.75, 3.05) is 0 Å². The average Bonchev–Trinajstić information content (AvgIpc) is 3.21. The number of benzene rings is 1. The Morgan fingerprint density at radius 1 is 1.22 bits per heavy atom. The fourth-order valence-corrected chi connectivity index (χ4v) is 3.37. The van der Waals surface area contributed by atoms with Crippen LogP contribution in [0.4, 0.5) is 0 Å². The first-order valence-corrected chi connectivity index (χ1v) is 9.17. The van der Waals surface area contributed by atoms with Gasteiger partial charge in [0.1, 0.15) is 5.75 Å². The van der Waals surface area contributed by atoms with E-state index in [1.807, 2.05) is 31.2 Å². The SMILES string of the molecule is CCc1nc(CSc2nnc(COc3ccc(C)cc3)o2)cs1. The van der Waals surface area contributed by atoms with Gasteiger partial charge in [-0.1, -0.05) is 36.4 Å². The van der Waals surface area contributed by atoms with Gasteiger partial charge in [-0.2, -0.15) is 0 Å². The van der Waals surface area contributed by atoms with Crippen LogP contribution in [0.2, 0.25) is 0 Å². The molecule has 0 fully saturated rings. The van der Waals surface area contributed by atoms with Gasteiger partial charge in [0.25, 0.3) is 11.1 Å². The molecule has 3 aromatic rings. The first kappa shape index (κ1) is 16.0. The van der Waals surface area contributed by atoms with Gasteiger partial charge < -0.3 is 9.15 Å². The van der Waals surface area contributed by atoms with Crippen molar-refractivity contribution in [2.24, 2.45) is 0 Å². The quantitative estimate of drug-likeness (QED) is 0.595. The van der Waals surface area contributed by atoms with Crippen LogP contribution >= 0.6 is 23.1 Å². The van der Waals surface area contributed by atoms with Crippen LogP contribution in [0.5, 0.6) is 5.75 Å². The molecule has 0 aliphatic carbocycles. The number of hydrogen-bond acceptors (Lipinski definition) is 7. The third kappa shape index (κ3) is 4.56. The largest absolute Gasteiger partial charge is 0.484 e. The van der Waals surface area contributed by atoms with Gasteiger partial charge in [0.2, 0.25) is 0 Å². The molecule has 0 saturated carbocycles. The maximum Gasteiger partial charge on any atom is 0.277 e. The summed E-state index contributed by atoms with van der Waals surface area (Å²) in [4.78, 5) is 4.52. The molecular weight excluding hydrogens is 330 g/mol. The molecule has 0 amide bonds. The summed E-state index contributed by atoms with van der Waals surface area (Å²) in [6, 6.07) is 7.86. The number of thiazole rings is 1. The van der Waals surface area contributed by atoms with Crippen LogP contribution in [-0.4, -0.2) is 15.2 Å². The standard InChI is InChI=1S/C16H17N3O2S2/c1-3-15-17-12(9-22-15)10-23-16-19-18-14(21-16)8-20-13-6-4-11(2)5-7-13/h4-7,9H,3,8,10H2,1-2H3. The molecule has 120 valence electrons. The molecule has 0 saturated heterocycles. The Hall–Kier alpha value is -1.86. The van der Waals surface area contributed by atoms with Gasteiger partial charge in [0.15, 0.2) is 6.61 Å². The van der Waals surface area contributed by atoms with Crippen LogP contribution in [0, 0.1) is 6.92 Å². The van der Waals surface area contributed by atoms with E-state index in [9.17, 15) is 0 Å². The number of thioether (sulfide) groups is 1. The Morgan fingerprint density at radius 2 is 2.04 bits per heavy atom. The number of rotatable bonds is 7. The van der Waals surface area contributed by atoms with E-state index in [-0.39, 0.29) is 6.61 Å². The number of aromatic nitrogens is 3. The van der Waals surface area contributed by atoms with Gasteiger partial charge >= 0.3 is 0 Å². The van der Waals surface area contributed by atoms with Crippen LogP contribution in [0.1, 0.15) is 29.1 Å². The first-order chi connectivity index (χ1) is 11.2. The van der Waals surface area contributed by atoms with Crippen LogP contribution in [-0.2, 0) is 18.8 Å². The summed E-state index contributed by atoms with van der Waals surface area (Å²) in [6.45, 7) is 4.42. The molecule has 0 aliphatic heterocycles. The maximum atomic E-state index is 5.62. The van der Waals surface area contributed by atoms with E-state index < -0.39 is 0 Å². The molecule has 23 heavy (non-hydrogen) atoms. The van der Waals surface area contributed by atoms with Gasteiger partial charge in [-0.25, -0.2) is 4.98 Å². The van der Waals surface area contributed by atoms with E-state index in [2.05, 4.69) is 27.5 Å². The minimum absolute atomic E-state index is 0.271. The van der Waals surface area contributed by atoms with E-state index in [4.69, 9.17) is 9.15 Å². The van der Waals surface area contributed by atoms with E-state index in [1.165, 1.54) is 17.3 Å². The highest BCUT2D eigenvalue weighted by Gasteiger charge is 2.09. The Balaban J connectivity index is 1.50. The smallest absolute Gasteiger partial charge is 0.277 e. The second kappa shape index (κ2) is 7.61. The molecule has 2 heterocycles. The highest BCUT2D eigenvalue weighted by Crippen LogP contribution is 2.23. The van der Waals surface area contributed by atoms with Crippen molar-refractivity contribution in [1.29, 1.82) is 0 Å². The lowest BCUT2D eigenvalue weighted by atomic mass is 10.2. The molecule has 0 spiro atoms. The number of hydrogen-bond donors (Lipinski definition) is 0. The van der Waals surface area contributed by atoms with Crippen molar-refractivity contribution in [3.05, 3.63) is 51.8 Å². The first-order valence-electron chi connectivity index (χ1n) is 7.31. The van der Waals surface area contributed by atoms with Crippen LogP contribution < -0.4 is 4.74 Å². The molecule has 0 aliphatic rings. The minimum atomic E-state index is 0.271. The molecule has 3 rings (SSSR count). The summed E-state index contributed by atoms with van der Waals surface area (Å²) in [5.74, 6) is 2.00. The highest BCUT2D eigenvalue weighted by atomic mass is 32.2. The normalized spacial score (nSPS) is 10.9. The highest BCUT2D eigenvalue weighted by molar-refractivity contribution is 7.98. The number of nitrogens with zero attached hydrogens (tertiary/aromatic N) is 3. The zero-order valence-corrected chi connectivity index (χ0v) is 14.6. The van der Waals surface area contributed by atoms with Crippen LogP contribution in [0.25, 0.3) is 0 Å². The molecule has 0 radical (unpaired) electrons. The van der Waals surface area contributed by atoms with Crippen molar-refractivity contribution in [2.45, 2.75) is 37.9 Å². The average molecular weight is 347 g/mol. The van der Waals surface area contributed by atoms with Gasteiger partial charge in [0, 0.05) is 11.1 Å². The van der Waals surface area contributed by atoms with Crippen molar-refractivity contribution < 1.29 is 9.15 Å². The van der Waals surface area contributed by atoms with Crippen molar-refractivity contribution >= 4 is 23.1 Å². The molecule has 0 N–H and O–H groups in total. The summed E-state index contributed by atoms with van der Waals surface area (Å²) < 4.78 is 11.2. The zero-order chi connectivity index (χ0) is 16.1. The molecule has 2 aromatic heterocycles. The van der Waals surface area contributed by atoms with Gasteiger partial charge in [0.05, 0.1) is 10.7 Å². The Bertz CT molecular complexity index is 753. The summed E-state index contributed by atoms with van der Waals surface area (Å²) in [6.07, 6.45) is 0.969. The lowest BCUT2D eigenvalue weighted by Crippen LogP contribution is -1.95. The number of aryl methyl sites for hydroxylation is 2. The van der Waals surface area contributed by atoms with Gasteiger partial charge in [-0.05, 0) is 25.5 Å². The lowest BCUT2D eigenvalue weighted by Gasteiger charge is -2.02. The molecule has 0 unspecified atom stereocenters. The van der Waals surface area contributed by atoms with Crippen molar-refractivity contribution in [3.8, 4) is 5.75 Å². The van der Waals surface area contributed by atoms with E-state index in [0.717, 1.165) is 28.6 Å². The predicted octanol–water partition coefficient (Wildman–Crippen LogP) is 4.27. The third-order valence-corrected chi connectivity index (χ3v) is 4.97. The molecule has 7 heteroatoms. The fourth-order valence-electron chi connectivity index (χ4n) is 1.85. The molecule has 0 atom stereocenters. The summed E-state index contributed by atoms with van der Waals surface area (Å²) in [5, 5.41) is 11.8. The third-order valence-electron chi connectivity index (χ3n) is 3.08. The topological polar surface area (TPSA) is 61.0 Å². The Labute approximate surface area is 143 Å². The van der Waals surface area contributed by atoms with Crippen LogP contribution in [0.3, 0.4) is 0 Å². The Kier molecular flexibility index (Phi) is 5.30. The molecule has 1 aromatic carbocycles. The van der Waals surface area contributed by atoms with E-state index in [0.29, 0.717) is 11.1 Å². The maximum absolute atomic E-state index is 5.62. The number of ether oxygens (including phenoxy) is 1. The van der Waals surface area contributed by atoms with Gasteiger partial charge in [-0.3, -0.25) is 0 Å². The second-order valence-electron chi connectivity index (χ2n) is 4.94. The summed E-state index contributed by atoms with van der Waals surface area (Å²) in [5.41, 5.74) is 2.25. The van der Waals surface area contributed by atoms with E-state index in [1.54, 1.807) is 11.3 Å². The minimum Gasteiger partial charge on any atom is -0.484 e. The van der Waals surface area contributed by atoms with Gasteiger partial charge in [-0.15, -0.1) is 21.5 Å². The van der Waals surface area contributed by atoms with E-state index >= 15 is 0 Å². The molecule has 0 bridgehead atoms. The van der Waals surface area contributed by atoms with Crippen LogP contribution in [0.15, 0.2) is 39.3 Å². The zero-order valence-electron chi connectivity index (χ0n) is 13.0. The summed E-state index contributed by atoms with van der Waals surface area (Å²) >= 11 is 3.18. The Morgan fingerprint density at radius 3 is 2.78 bits per heavy atom. The predicted molar refractivity (Wildman–Crippen MR) is 90.9 cm³/mol. The lowest BCUT2D eigenvalue weighted by molar-refractivity contribution is 0.252. The summed E-state index contributed by atoms with van der Waals surface area (Å²) in [7, 11) is 0. The monoisotopic (exact) mass is 347 g/mol. The molecular formula is C16H17N3O2S2. The van der Waals surface area contributed by atoms with Crippen molar-refractivity contribution in [3.63, 3.8) is 0 Å². The van der Waals surface area contributed by atoms with Crippen molar-refractivity contribution in [1.82, 2.24) is 15.2 Å².